The molecule has 6 heteroatoms. The van der Waals surface area contributed by atoms with Crippen LogP contribution < -0.4 is 10.6 Å². The van der Waals surface area contributed by atoms with E-state index < -0.39 is 6.10 Å². The maximum Gasteiger partial charge on any atom is 0.221 e. The van der Waals surface area contributed by atoms with E-state index in [1.807, 2.05) is 0 Å². The summed E-state index contributed by atoms with van der Waals surface area (Å²) in [6, 6.07) is 5.29. The Morgan fingerprint density at radius 3 is 2.75 bits per heavy atom. The second kappa shape index (κ2) is 7.27. The van der Waals surface area contributed by atoms with Crippen LogP contribution in [0.5, 0.6) is 0 Å². The topological polar surface area (TPSA) is 61.4 Å². The summed E-state index contributed by atoms with van der Waals surface area (Å²) in [5.74, 6) is -0.0772. The molecule has 4 nitrogen and oxygen atoms in total. The number of amides is 1. The highest BCUT2D eigenvalue weighted by Gasteiger charge is 2.19. The highest BCUT2D eigenvalue weighted by Crippen LogP contribution is 2.29. The fourth-order valence-electron chi connectivity index (χ4n) is 2.37. The molecule has 1 heterocycles. The number of hydrogen-bond donors (Lipinski definition) is 3. The van der Waals surface area contributed by atoms with Gasteiger partial charge in [-0.2, -0.15) is 0 Å². The number of aliphatic hydroxyl groups excluding tert-OH is 1. The van der Waals surface area contributed by atoms with Crippen LogP contribution in [0.1, 0.15) is 30.9 Å². The molecule has 0 aliphatic carbocycles. The summed E-state index contributed by atoms with van der Waals surface area (Å²) in [6.07, 6.45) is 1.65. The average molecular weight is 317 g/mol. The number of aliphatic hydroxyl groups is 1. The van der Waals surface area contributed by atoms with Crippen LogP contribution >= 0.6 is 23.2 Å². The standard InChI is InChI=1S/C14H18Cl2N2O2/c15-10-4-1-5-11(16)14(10)12(19)8-18-13(20)7-9-3-2-6-17-9/h1,4-5,9,12,17,19H,2-3,6-8H2,(H,18,20). The Labute approximate surface area is 128 Å². The molecule has 1 aliphatic rings. The smallest absolute Gasteiger partial charge is 0.221 e. The molecule has 1 aromatic rings. The van der Waals surface area contributed by atoms with Gasteiger partial charge in [-0.15, -0.1) is 0 Å². The van der Waals surface area contributed by atoms with Crippen molar-refractivity contribution in [1.29, 1.82) is 0 Å². The Hall–Kier alpha value is -0.810. The molecule has 1 aromatic carbocycles. The van der Waals surface area contributed by atoms with E-state index in [2.05, 4.69) is 10.6 Å². The number of benzene rings is 1. The molecule has 0 aromatic heterocycles. The maximum absolute atomic E-state index is 11.8. The molecule has 2 atom stereocenters. The van der Waals surface area contributed by atoms with Crippen molar-refractivity contribution in [2.75, 3.05) is 13.1 Å². The second-order valence-corrected chi connectivity index (χ2v) is 5.77. The van der Waals surface area contributed by atoms with Crippen molar-refractivity contribution >= 4 is 29.1 Å². The number of nitrogens with one attached hydrogen (secondary N) is 2. The summed E-state index contributed by atoms with van der Waals surface area (Å²) < 4.78 is 0. The van der Waals surface area contributed by atoms with Crippen LogP contribution in [0.2, 0.25) is 10.0 Å². The quantitative estimate of drug-likeness (QED) is 0.781. The minimum atomic E-state index is -0.906. The Bertz CT molecular complexity index is 456. The van der Waals surface area contributed by atoms with E-state index in [0.717, 1.165) is 19.4 Å². The third kappa shape index (κ3) is 4.09. The van der Waals surface area contributed by atoms with Crippen molar-refractivity contribution in [3.8, 4) is 0 Å². The molecular weight excluding hydrogens is 299 g/mol. The molecule has 1 saturated heterocycles. The third-order valence-electron chi connectivity index (χ3n) is 3.42. The van der Waals surface area contributed by atoms with E-state index in [9.17, 15) is 9.90 Å². The lowest BCUT2D eigenvalue weighted by molar-refractivity contribution is -0.122. The van der Waals surface area contributed by atoms with Crippen molar-refractivity contribution in [2.45, 2.75) is 31.4 Å². The highest BCUT2D eigenvalue weighted by molar-refractivity contribution is 6.36. The Balaban J connectivity index is 1.85. The fraction of sp³-hybridized carbons (Fsp3) is 0.500. The number of halogens is 2. The van der Waals surface area contributed by atoms with Crippen LogP contribution in [0.15, 0.2) is 18.2 Å². The first-order valence-corrected chi connectivity index (χ1v) is 7.45. The van der Waals surface area contributed by atoms with E-state index in [-0.39, 0.29) is 18.5 Å². The van der Waals surface area contributed by atoms with Crippen molar-refractivity contribution in [3.63, 3.8) is 0 Å². The molecule has 1 amide bonds. The molecule has 2 unspecified atom stereocenters. The van der Waals surface area contributed by atoms with Crippen molar-refractivity contribution in [2.24, 2.45) is 0 Å². The SMILES string of the molecule is O=C(CC1CCCN1)NCC(O)c1c(Cl)cccc1Cl. The van der Waals surface area contributed by atoms with Gasteiger partial charge >= 0.3 is 0 Å². The molecule has 3 N–H and O–H groups in total. The summed E-state index contributed by atoms with van der Waals surface area (Å²) in [4.78, 5) is 11.8. The van der Waals surface area contributed by atoms with Crippen LogP contribution in [0.25, 0.3) is 0 Å². The van der Waals surface area contributed by atoms with Gasteiger partial charge < -0.3 is 15.7 Å². The molecule has 0 radical (unpaired) electrons. The van der Waals surface area contributed by atoms with Crippen LogP contribution in [0.3, 0.4) is 0 Å². The van der Waals surface area contributed by atoms with E-state index in [1.165, 1.54) is 0 Å². The van der Waals surface area contributed by atoms with Gasteiger partial charge in [0, 0.05) is 34.6 Å². The van der Waals surface area contributed by atoms with Gasteiger partial charge in [-0.3, -0.25) is 4.79 Å². The van der Waals surface area contributed by atoms with Crippen molar-refractivity contribution in [1.82, 2.24) is 10.6 Å². The largest absolute Gasteiger partial charge is 0.386 e. The predicted octanol–water partition coefficient (Wildman–Crippen LogP) is 2.29. The lowest BCUT2D eigenvalue weighted by Crippen LogP contribution is -2.34. The third-order valence-corrected chi connectivity index (χ3v) is 4.08. The van der Waals surface area contributed by atoms with Crippen LogP contribution in [0.4, 0.5) is 0 Å². The van der Waals surface area contributed by atoms with Gasteiger partial charge in [-0.25, -0.2) is 0 Å². The summed E-state index contributed by atoms with van der Waals surface area (Å²) >= 11 is 12.0. The summed E-state index contributed by atoms with van der Waals surface area (Å²) in [6.45, 7) is 1.07. The zero-order valence-corrected chi connectivity index (χ0v) is 12.5. The normalized spacial score (nSPS) is 19.9. The van der Waals surface area contributed by atoms with Crippen LogP contribution in [-0.4, -0.2) is 30.1 Å². The van der Waals surface area contributed by atoms with E-state index >= 15 is 0 Å². The van der Waals surface area contributed by atoms with Crippen molar-refractivity contribution in [3.05, 3.63) is 33.8 Å². The molecule has 1 fully saturated rings. The molecule has 2 rings (SSSR count). The van der Waals surface area contributed by atoms with Crippen LogP contribution in [-0.2, 0) is 4.79 Å². The summed E-state index contributed by atoms with van der Waals surface area (Å²) in [7, 11) is 0. The molecule has 110 valence electrons. The lowest BCUT2D eigenvalue weighted by Gasteiger charge is -2.16. The molecule has 0 spiro atoms. The van der Waals surface area contributed by atoms with E-state index in [1.54, 1.807) is 18.2 Å². The number of carbonyl (C=O) groups excluding carboxylic acids is 1. The second-order valence-electron chi connectivity index (χ2n) is 4.95. The first-order valence-electron chi connectivity index (χ1n) is 6.70. The Morgan fingerprint density at radius 2 is 2.15 bits per heavy atom. The molecule has 1 aliphatic heterocycles. The predicted molar refractivity (Wildman–Crippen MR) is 80.1 cm³/mol. The minimum absolute atomic E-state index is 0.0772. The summed E-state index contributed by atoms with van der Waals surface area (Å²) in [5.41, 5.74) is 0.454. The monoisotopic (exact) mass is 316 g/mol. The molecule has 0 bridgehead atoms. The number of carbonyl (C=O) groups is 1. The van der Waals surface area contributed by atoms with Gasteiger partial charge in [-0.1, -0.05) is 29.3 Å². The Morgan fingerprint density at radius 1 is 1.45 bits per heavy atom. The van der Waals surface area contributed by atoms with Gasteiger partial charge in [0.1, 0.15) is 0 Å². The minimum Gasteiger partial charge on any atom is -0.386 e. The van der Waals surface area contributed by atoms with Crippen molar-refractivity contribution < 1.29 is 9.90 Å². The molecule has 20 heavy (non-hydrogen) atoms. The van der Waals surface area contributed by atoms with Gasteiger partial charge in [0.15, 0.2) is 0 Å². The van der Waals surface area contributed by atoms with E-state index in [0.29, 0.717) is 22.0 Å². The fourth-order valence-corrected chi connectivity index (χ4v) is 3.02. The lowest BCUT2D eigenvalue weighted by atomic mass is 10.1. The van der Waals surface area contributed by atoms with E-state index in [4.69, 9.17) is 23.2 Å². The average Bonchev–Trinajstić information content (AvgIpc) is 2.89. The van der Waals surface area contributed by atoms with Gasteiger partial charge in [0.05, 0.1) is 6.10 Å². The first kappa shape index (κ1) is 15.6. The zero-order valence-electron chi connectivity index (χ0n) is 11.0. The Kier molecular flexibility index (Phi) is 5.66. The first-order chi connectivity index (χ1) is 9.58. The van der Waals surface area contributed by atoms with Gasteiger partial charge in [-0.05, 0) is 31.5 Å². The maximum atomic E-state index is 11.8. The van der Waals surface area contributed by atoms with Crippen LogP contribution in [0, 0.1) is 0 Å². The zero-order chi connectivity index (χ0) is 14.5. The van der Waals surface area contributed by atoms with Gasteiger partial charge in [0.2, 0.25) is 5.91 Å². The van der Waals surface area contributed by atoms with Gasteiger partial charge in [0.25, 0.3) is 0 Å². The number of hydrogen-bond acceptors (Lipinski definition) is 3. The molecular formula is C14H18Cl2N2O2. The number of rotatable bonds is 5. The summed E-state index contributed by atoms with van der Waals surface area (Å²) in [5, 5.41) is 16.9. The highest BCUT2D eigenvalue weighted by atomic mass is 35.5. The molecule has 0 saturated carbocycles.